The first-order chi connectivity index (χ1) is 13.1. The zero-order valence-corrected chi connectivity index (χ0v) is 16.0. The zero-order chi connectivity index (χ0) is 19.0. The third kappa shape index (κ3) is 2.88. The topological polar surface area (TPSA) is 79.5 Å². The van der Waals surface area contributed by atoms with Crippen LogP contribution in [0.1, 0.15) is 27.5 Å². The lowest BCUT2D eigenvalue weighted by Gasteiger charge is -2.26. The number of hydrazone groups is 1. The Balaban J connectivity index is 2.00. The molecule has 0 saturated carbocycles. The van der Waals surface area contributed by atoms with Crippen LogP contribution in [0, 0.1) is 0 Å². The number of hydrogen-bond donors (Lipinski definition) is 3. The number of hydrogen-bond acceptors (Lipinski definition) is 3. The van der Waals surface area contributed by atoms with Crippen molar-refractivity contribution >= 4 is 33.2 Å². The van der Waals surface area contributed by atoms with Crippen LogP contribution in [0.15, 0.2) is 88.1 Å². The van der Waals surface area contributed by atoms with Crippen LogP contribution >= 0.6 is 15.9 Å². The van der Waals surface area contributed by atoms with Gasteiger partial charge in [0.2, 0.25) is 0 Å². The maximum Gasteiger partial charge on any atom is 0.252 e. The number of rotatable bonds is 2. The number of fused-ring (bicyclic) bond motifs is 2. The van der Waals surface area contributed by atoms with E-state index >= 15 is 0 Å². The summed E-state index contributed by atoms with van der Waals surface area (Å²) in [7, 11) is 0. The van der Waals surface area contributed by atoms with Gasteiger partial charge in [0.25, 0.3) is 5.91 Å². The number of amidine groups is 1. The highest BCUT2D eigenvalue weighted by atomic mass is 79.9. The lowest BCUT2D eigenvalue weighted by atomic mass is 9.85. The molecule has 0 aromatic heterocycles. The minimum atomic E-state index is -0.351. The molecular weight excluding hydrogens is 404 g/mol. The number of nitrogens with two attached hydrogens (primary N) is 1. The maximum atomic E-state index is 13.0. The molecule has 1 amide bonds. The molecule has 4 N–H and O–H groups in total. The molecule has 2 aliphatic rings. The molecule has 6 heteroatoms. The van der Waals surface area contributed by atoms with Crippen molar-refractivity contribution in [2.45, 2.75) is 6.04 Å². The number of nitrogens with one attached hydrogen (secondary N) is 2. The van der Waals surface area contributed by atoms with Crippen LogP contribution in [0.3, 0.4) is 0 Å². The minimum Gasteiger partial charge on any atom is -0.344 e. The van der Waals surface area contributed by atoms with Crippen molar-refractivity contribution in [1.29, 1.82) is 0 Å². The van der Waals surface area contributed by atoms with Crippen LogP contribution in [0.2, 0.25) is 0 Å². The van der Waals surface area contributed by atoms with Gasteiger partial charge in [-0.3, -0.25) is 4.79 Å². The van der Waals surface area contributed by atoms with E-state index in [1.54, 1.807) is 6.08 Å². The molecule has 1 atom stereocenters. The number of nitrogens with zero attached hydrogens (tertiary/aromatic N) is 1. The summed E-state index contributed by atoms with van der Waals surface area (Å²) in [5.74, 6) is 6.04. The van der Waals surface area contributed by atoms with Crippen LogP contribution in [0.25, 0.3) is 5.57 Å². The summed E-state index contributed by atoms with van der Waals surface area (Å²) >= 11 is 3.46. The molecule has 2 aliphatic heterocycles. The summed E-state index contributed by atoms with van der Waals surface area (Å²) in [6.45, 7) is 3.97. The molecule has 0 bridgehead atoms. The summed E-state index contributed by atoms with van der Waals surface area (Å²) in [6.07, 6.45) is 3.59. The van der Waals surface area contributed by atoms with Crippen molar-refractivity contribution in [2.24, 2.45) is 10.9 Å². The summed E-state index contributed by atoms with van der Waals surface area (Å²) in [6, 6.07) is 15.0. The normalized spacial score (nSPS) is 22.7. The largest absolute Gasteiger partial charge is 0.344 e. The average Bonchev–Trinajstić information content (AvgIpc) is 3.10. The Morgan fingerprint density at radius 1 is 1.11 bits per heavy atom. The standard InChI is InChI=1S/C21H17BrN4O/c1-2-14-15-5-3-4-6-16(15)21(27)25-19(12-7-9-13(22)10-8-12)17-11-24-20(26-23)18(14)17/h2-11,19H,1,23H2,(H,24,26)(H,25,27)/b18-14+. The van der Waals surface area contributed by atoms with Gasteiger partial charge < -0.3 is 16.5 Å². The highest BCUT2D eigenvalue weighted by Gasteiger charge is 2.33. The van der Waals surface area contributed by atoms with Crippen molar-refractivity contribution in [3.05, 3.63) is 99.7 Å². The molecule has 4 rings (SSSR count). The van der Waals surface area contributed by atoms with Gasteiger partial charge in [-0.25, -0.2) is 0 Å². The van der Waals surface area contributed by atoms with Crippen LogP contribution in [-0.4, -0.2) is 11.7 Å². The average molecular weight is 421 g/mol. The van der Waals surface area contributed by atoms with Crippen molar-refractivity contribution < 1.29 is 4.79 Å². The molecule has 27 heavy (non-hydrogen) atoms. The Morgan fingerprint density at radius 2 is 1.81 bits per heavy atom. The Labute approximate surface area is 165 Å². The molecule has 1 unspecified atom stereocenters. The molecule has 2 aromatic carbocycles. The molecule has 0 fully saturated rings. The fourth-order valence-electron chi connectivity index (χ4n) is 3.51. The Bertz CT molecular complexity index is 1030. The van der Waals surface area contributed by atoms with E-state index < -0.39 is 0 Å². The summed E-state index contributed by atoms with van der Waals surface area (Å²) in [4.78, 5) is 13.0. The van der Waals surface area contributed by atoms with Gasteiger partial charge in [0.15, 0.2) is 5.84 Å². The van der Waals surface area contributed by atoms with Gasteiger partial charge >= 0.3 is 0 Å². The van der Waals surface area contributed by atoms with Crippen LogP contribution < -0.4 is 16.5 Å². The van der Waals surface area contributed by atoms with E-state index in [1.807, 2.05) is 54.7 Å². The van der Waals surface area contributed by atoms with E-state index in [1.165, 1.54) is 0 Å². The monoisotopic (exact) mass is 420 g/mol. The first-order valence-corrected chi connectivity index (χ1v) is 9.21. The molecule has 0 saturated heterocycles. The number of carbonyl (C=O) groups excluding carboxylic acids is 1. The van der Waals surface area contributed by atoms with Crippen molar-refractivity contribution in [3.8, 4) is 0 Å². The van der Waals surface area contributed by atoms with Gasteiger partial charge in [0, 0.05) is 27.4 Å². The van der Waals surface area contributed by atoms with Gasteiger partial charge in [0.1, 0.15) is 0 Å². The number of carbonyl (C=O) groups is 1. The van der Waals surface area contributed by atoms with E-state index in [-0.39, 0.29) is 11.9 Å². The number of amides is 1. The van der Waals surface area contributed by atoms with E-state index in [4.69, 9.17) is 5.84 Å². The number of benzene rings is 2. The highest BCUT2D eigenvalue weighted by Crippen LogP contribution is 2.38. The second-order valence-corrected chi connectivity index (χ2v) is 7.13. The predicted molar refractivity (Wildman–Crippen MR) is 111 cm³/mol. The quantitative estimate of drug-likeness (QED) is 0.512. The van der Waals surface area contributed by atoms with E-state index in [2.05, 4.69) is 38.2 Å². The molecule has 2 heterocycles. The van der Waals surface area contributed by atoms with Crippen LogP contribution in [-0.2, 0) is 0 Å². The SMILES string of the molecule is C=C/C1=C2/C(=CN/C2=N/N)C(c2ccc(Br)cc2)NC(=O)c2ccccc21. The molecule has 5 nitrogen and oxygen atoms in total. The molecule has 134 valence electrons. The van der Waals surface area contributed by atoms with E-state index in [9.17, 15) is 4.79 Å². The van der Waals surface area contributed by atoms with Gasteiger partial charge in [-0.05, 0) is 34.9 Å². The number of halogens is 1. The lowest BCUT2D eigenvalue weighted by molar-refractivity contribution is 0.0942. The van der Waals surface area contributed by atoms with Gasteiger partial charge in [-0.2, -0.15) is 5.10 Å². The molecule has 2 aromatic rings. The molecule has 0 radical (unpaired) electrons. The first-order valence-electron chi connectivity index (χ1n) is 8.41. The highest BCUT2D eigenvalue weighted by molar-refractivity contribution is 9.10. The van der Waals surface area contributed by atoms with Crippen LogP contribution in [0.4, 0.5) is 0 Å². The van der Waals surface area contributed by atoms with Crippen molar-refractivity contribution in [3.63, 3.8) is 0 Å². The van der Waals surface area contributed by atoms with Crippen molar-refractivity contribution in [2.75, 3.05) is 0 Å². The van der Waals surface area contributed by atoms with Gasteiger partial charge in [-0.15, -0.1) is 0 Å². The van der Waals surface area contributed by atoms with Gasteiger partial charge in [-0.1, -0.05) is 58.9 Å². The Kier molecular flexibility index (Phi) is 4.41. The third-order valence-electron chi connectivity index (χ3n) is 4.74. The smallest absolute Gasteiger partial charge is 0.252 e. The van der Waals surface area contributed by atoms with E-state index in [0.29, 0.717) is 11.4 Å². The van der Waals surface area contributed by atoms with E-state index in [0.717, 1.165) is 32.3 Å². The fourth-order valence-corrected chi connectivity index (χ4v) is 3.77. The lowest BCUT2D eigenvalue weighted by Crippen LogP contribution is -2.32. The third-order valence-corrected chi connectivity index (χ3v) is 5.27. The molecule has 0 aliphatic carbocycles. The Hall–Kier alpha value is -3.12. The second-order valence-electron chi connectivity index (χ2n) is 6.22. The summed E-state index contributed by atoms with van der Waals surface area (Å²) in [5.41, 5.74) is 4.89. The van der Waals surface area contributed by atoms with Crippen LogP contribution in [0.5, 0.6) is 0 Å². The fraction of sp³-hybridized carbons (Fsp3) is 0.0476. The minimum absolute atomic E-state index is 0.143. The molecular formula is C21H17BrN4O. The zero-order valence-electron chi connectivity index (χ0n) is 14.4. The number of allylic oxidation sites excluding steroid dienone is 2. The predicted octanol–water partition coefficient (Wildman–Crippen LogP) is 3.63. The molecule has 0 spiro atoms. The first kappa shape index (κ1) is 17.3. The van der Waals surface area contributed by atoms with Crippen molar-refractivity contribution in [1.82, 2.24) is 10.6 Å². The maximum absolute atomic E-state index is 13.0. The summed E-state index contributed by atoms with van der Waals surface area (Å²) in [5, 5.41) is 10.2. The Morgan fingerprint density at radius 3 is 2.48 bits per heavy atom. The van der Waals surface area contributed by atoms with Gasteiger partial charge in [0.05, 0.1) is 6.04 Å². The second kappa shape index (κ2) is 6.89. The summed E-state index contributed by atoms with van der Waals surface area (Å²) < 4.78 is 0.971.